The van der Waals surface area contributed by atoms with E-state index in [2.05, 4.69) is 63.2 Å². The van der Waals surface area contributed by atoms with Gasteiger partial charge >= 0.3 is 0 Å². The van der Waals surface area contributed by atoms with Gasteiger partial charge in [-0.05, 0) is 72.2 Å². The topological polar surface area (TPSA) is 59.8 Å². The van der Waals surface area contributed by atoms with Crippen LogP contribution >= 0.6 is 34.4 Å². The van der Waals surface area contributed by atoms with Crippen LogP contribution in [0, 0.1) is 24.3 Å². The molecule has 0 aliphatic rings. The first kappa shape index (κ1) is 19.9. The number of thioether (sulfide) groups is 1. The molecular weight excluding hydrogens is 471 g/mol. The van der Waals surface area contributed by atoms with Crippen LogP contribution < -0.4 is 5.32 Å². The number of halogens is 1. The van der Waals surface area contributed by atoms with Gasteiger partial charge in [0.05, 0.1) is 5.75 Å². The van der Waals surface area contributed by atoms with E-state index in [1.807, 2.05) is 43.7 Å². The molecule has 5 nitrogen and oxygen atoms in total. The molecule has 0 saturated heterocycles. The molecule has 0 saturated carbocycles. The Morgan fingerprint density at radius 3 is 2.44 bits per heavy atom. The molecule has 0 aliphatic heterocycles. The van der Waals surface area contributed by atoms with Gasteiger partial charge in [-0.1, -0.05) is 36.0 Å². The van der Waals surface area contributed by atoms with Crippen molar-refractivity contribution < 1.29 is 4.79 Å². The number of carbonyl (C=O) groups is 1. The Bertz CT molecular complexity index is 976. The third kappa shape index (κ3) is 4.52. The van der Waals surface area contributed by atoms with Crippen molar-refractivity contribution in [2.24, 2.45) is 7.05 Å². The van der Waals surface area contributed by atoms with E-state index in [0.29, 0.717) is 0 Å². The predicted molar refractivity (Wildman–Crippen MR) is 119 cm³/mol. The molecule has 1 amide bonds. The first-order valence-electron chi connectivity index (χ1n) is 8.51. The van der Waals surface area contributed by atoms with Crippen LogP contribution in [0.1, 0.15) is 16.7 Å². The molecule has 0 radical (unpaired) electrons. The van der Waals surface area contributed by atoms with Gasteiger partial charge in [-0.15, -0.1) is 10.2 Å². The van der Waals surface area contributed by atoms with Crippen LogP contribution in [-0.2, 0) is 11.8 Å². The summed E-state index contributed by atoms with van der Waals surface area (Å²) in [6, 6.07) is 12.2. The van der Waals surface area contributed by atoms with Gasteiger partial charge in [0.25, 0.3) is 0 Å². The van der Waals surface area contributed by atoms with Gasteiger partial charge < -0.3 is 9.88 Å². The zero-order valence-corrected chi connectivity index (χ0v) is 18.7. The van der Waals surface area contributed by atoms with Gasteiger partial charge in [-0.2, -0.15) is 0 Å². The zero-order valence-electron chi connectivity index (χ0n) is 15.7. The van der Waals surface area contributed by atoms with Crippen LogP contribution in [0.2, 0.25) is 0 Å². The fourth-order valence-electron chi connectivity index (χ4n) is 2.91. The lowest BCUT2D eigenvalue weighted by Crippen LogP contribution is -2.16. The number of nitrogens with zero attached hydrogens (tertiary/aromatic N) is 3. The highest BCUT2D eigenvalue weighted by atomic mass is 127. The largest absolute Gasteiger partial charge is 0.325 e. The average molecular weight is 492 g/mol. The van der Waals surface area contributed by atoms with E-state index < -0.39 is 0 Å². The summed E-state index contributed by atoms with van der Waals surface area (Å²) < 4.78 is 3.10. The van der Waals surface area contributed by atoms with Gasteiger partial charge in [0.15, 0.2) is 11.0 Å². The number of anilines is 1. The van der Waals surface area contributed by atoms with Crippen molar-refractivity contribution >= 4 is 45.9 Å². The second-order valence-corrected chi connectivity index (χ2v) is 8.62. The molecule has 2 aromatic carbocycles. The lowest BCUT2D eigenvalue weighted by molar-refractivity contribution is -0.113. The zero-order chi connectivity index (χ0) is 19.6. The molecule has 0 atom stereocenters. The maximum atomic E-state index is 12.4. The maximum absolute atomic E-state index is 12.4. The standard InChI is InChI=1S/C20H21IN4OS/c1-12-7-5-6-8-16(12)19-23-24-20(25(19)4)27-11-17(26)22-18-13(2)9-15(21)10-14(18)3/h5-10H,11H2,1-4H3,(H,22,26). The van der Waals surface area contributed by atoms with Gasteiger partial charge in [0, 0.05) is 21.9 Å². The normalized spacial score (nSPS) is 10.9. The summed E-state index contributed by atoms with van der Waals surface area (Å²) in [5.41, 5.74) is 5.22. The molecule has 3 aromatic rings. The fraction of sp³-hybridized carbons (Fsp3) is 0.250. The quantitative estimate of drug-likeness (QED) is 0.413. The first-order valence-corrected chi connectivity index (χ1v) is 10.6. The van der Waals surface area contributed by atoms with E-state index in [1.54, 1.807) is 0 Å². The third-order valence-electron chi connectivity index (χ3n) is 4.32. The van der Waals surface area contributed by atoms with Crippen LogP contribution in [-0.4, -0.2) is 26.4 Å². The highest BCUT2D eigenvalue weighted by Crippen LogP contribution is 2.26. The van der Waals surface area contributed by atoms with E-state index in [-0.39, 0.29) is 11.7 Å². The highest BCUT2D eigenvalue weighted by molar-refractivity contribution is 14.1. The van der Waals surface area contributed by atoms with Crippen LogP contribution in [0.4, 0.5) is 5.69 Å². The summed E-state index contributed by atoms with van der Waals surface area (Å²) in [5, 5.41) is 12.3. The first-order chi connectivity index (χ1) is 12.9. The van der Waals surface area contributed by atoms with Gasteiger partial charge in [0.2, 0.25) is 5.91 Å². The molecule has 1 heterocycles. The Morgan fingerprint density at radius 2 is 1.78 bits per heavy atom. The molecule has 0 fully saturated rings. The number of aromatic nitrogens is 3. The summed E-state index contributed by atoms with van der Waals surface area (Å²) in [4.78, 5) is 12.4. The summed E-state index contributed by atoms with van der Waals surface area (Å²) in [6.07, 6.45) is 0. The van der Waals surface area contributed by atoms with Crippen molar-refractivity contribution in [1.82, 2.24) is 14.8 Å². The van der Waals surface area contributed by atoms with Crippen molar-refractivity contribution in [3.63, 3.8) is 0 Å². The number of benzene rings is 2. The van der Waals surface area contributed by atoms with Crippen molar-refractivity contribution in [1.29, 1.82) is 0 Å². The average Bonchev–Trinajstić information content (AvgIpc) is 2.97. The second kappa shape index (κ2) is 8.43. The SMILES string of the molecule is Cc1ccccc1-c1nnc(SCC(=O)Nc2c(C)cc(I)cc2C)n1C. The summed E-state index contributed by atoms with van der Waals surface area (Å²) in [5.74, 6) is 1.04. The Hall–Kier alpha value is -1.87. The van der Waals surface area contributed by atoms with Crippen LogP contribution in [0.3, 0.4) is 0 Å². The number of carbonyl (C=O) groups excluding carboxylic acids is 1. The van der Waals surface area contributed by atoms with E-state index in [4.69, 9.17) is 0 Å². The van der Waals surface area contributed by atoms with E-state index in [1.165, 1.54) is 11.8 Å². The Morgan fingerprint density at radius 1 is 1.11 bits per heavy atom. The number of amides is 1. The summed E-state index contributed by atoms with van der Waals surface area (Å²) in [6.45, 7) is 6.07. The van der Waals surface area contributed by atoms with E-state index in [9.17, 15) is 4.79 Å². The van der Waals surface area contributed by atoms with E-state index in [0.717, 1.165) is 42.5 Å². The molecular formula is C20H21IN4OS. The van der Waals surface area contributed by atoms with Crippen molar-refractivity contribution in [2.75, 3.05) is 11.1 Å². The minimum absolute atomic E-state index is 0.0483. The number of rotatable bonds is 5. The minimum Gasteiger partial charge on any atom is -0.325 e. The molecule has 0 spiro atoms. The monoisotopic (exact) mass is 492 g/mol. The Labute approximate surface area is 177 Å². The molecule has 1 aromatic heterocycles. The number of aryl methyl sites for hydroxylation is 3. The van der Waals surface area contributed by atoms with Crippen molar-refractivity contribution in [2.45, 2.75) is 25.9 Å². The highest BCUT2D eigenvalue weighted by Gasteiger charge is 2.15. The smallest absolute Gasteiger partial charge is 0.234 e. The summed E-state index contributed by atoms with van der Waals surface area (Å²) in [7, 11) is 1.93. The minimum atomic E-state index is -0.0483. The lowest BCUT2D eigenvalue weighted by atomic mass is 10.1. The Kier molecular flexibility index (Phi) is 6.21. The molecule has 140 valence electrons. The molecule has 27 heavy (non-hydrogen) atoms. The molecule has 3 rings (SSSR count). The van der Waals surface area contributed by atoms with Gasteiger partial charge in [-0.3, -0.25) is 4.79 Å². The number of hydrogen-bond donors (Lipinski definition) is 1. The van der Waals surface area contributed by atoms with E-state index >= 15 is 0 Å². The molecule has 1 N–H and O–H groups in total. The lowest BCUT2D eigenvalue weighted by Gasteiger charge is -2.12. The molecule has 0 bridgehead atoms. The predicted octanol–water partition coefficient (Wildman–Crippen LogP) is 4.74. The van der Waals surface area contributed by atoms with Gasteiger partial charge in [0.1, 0.15) is 0 Å². The number of hydrogen-bond acceptors (Lipinski definition) is 4. The second-order valence-electron chi connectivity index (χ2n) is 6.43. The number of nitrogens with one attached hydrogen (secondary N) is 1. The third-order valence-corrected chi connectivity index (χ3v) is 5.96. The molecule has 0 aliphatic carbocycles. The van der Waals surface area contributed by atoms with Crippen LogP contribution in [0.5, 0.6) is 0 Å². The molecule has 7 heteroatoms. The Balaban J connectivity index is 1.69. The maximum Gasteiger partial charge on any atom is 0.234 e. The molecule has 0 unspecified atom stereocenters. The van der Waals surface area contributed by atoms with Gasteiger partial charge in [-0.25, -0.2) is 0 Å². The van der Waals surface area contributed by atoms with Crippen molar-refractivity contribution in [3.8, 4) is 11.4 Å². The fourth-order valence-corrected chi connectivity index (χ4v) is 4.56. The summed E-state index contributed by atoms with van der Waals surface area (Å²) >= 11 is 3.67. The van der Waals surface area contributed by atoms with Crippen LogP contribution in [0.15, 0.2) is 41.6 Å². The van der Waals surface area contributed by atoms with Crippen molar-refractivity contribution in [3.05, 3.63) is 56.7 Å². The van der Waals surface area contributed by atoms with Crippen LogP contribution in [0.25, 0.3) is 11.4 Å².